The van der Waals surface area contributed by atoms with Gasteiger partial charge in [-0.25, -0.2) is 0 Å². The number of carbonyl (C=O) groups is 3. The van der Waals surface area contributed by atoms with Crippen LogP contribution >= 0.6 is 11.8 Å². The third-order valence-corrected chi connectivity index (χ3v) is 4.68. The second-order valence-electron chi connectivity index (χ2n) is 5.62. The second-order valence-corrected chi connectivity index (χ2v) is 6.76. The number of esters is 2. The Balaban J connectivity index is 2.30. The van der Waals surface area contributed by atoms with Gasteiger partial charge in [0.15, 0.2) is 11.5 Å². The first kappa shape index (κ1) is 19.8. The van der Waals surface area contributed by atoms with Gasteiger partial charge in [-0.15, -0.1) is 11.8 Å². The van der Waals surface area contributed by atoms with Gasteiger partial charge in [-0.2, -0.15) is 0 Å². The molecule has 0 radical (unpaired) electrons. The van der Waals surface area contributed by atoms with Crippen LogP contribution in [-0.4, -0.2) is 55.8 Å². The zero-order valence-electron chi connectivity index (χ0n) is 15.2. The van der Waals surface area contributed by atoms with Gasteiger partial charge in [0.2, 0.25) is 0 Å². The first-order valence-corrected chi connectivity index (χ1v) is 8.92. The molecule has 1 saturated heterocycles. The van der Waals surface area contributed by atoms with Crippen LogP contribution in [-0.2, 0) is 19.1 Å². The summed E-state index contributed by atoms with van der Waals surface area (Å²) in [4.78, 5) is 37.2. The van der Waals surface area contributed by atoms with Gasteiger partial charge in [-0.1, -0.05) is 0 Å². The van der Waals surface area contributed by atoms with Crippen molar-refractivity contribution in [2.24, 2.45) is 0 Å². The standard InChI is InChI=1S/C18H21NO6S/c1-11-7-13(8-14(23-3)17(11)25-12(2)20)9-15-18(22)19(5-6-26-15)10-16(21)24-4/h7-9H,5-6,10H2,1-4H3. The fourth-order valence-corrected chi connectivity index (χ4v) is 3.49. The van der Waals surface area contributed by atoms with E-state index in [-0.39, 0.29) is 12.5 Å². The van der Waals surface area contributed by atoms with Crippen LogP contribution < -0.4 is 9.47 Å². The molecule has 0 atom stereocenters. The van der Waals surface area contributed by atoms with Gasteiger partial charge in [0.05, 0.1) is 19.1 Å². The summed E-state index contributed by atoms with van der Waals surface area (Å²) in [5.41, 5.74) is 1.46. The molecular weight excluding hydrogens is 358 g/mol. The van der Waals surface area contributed by atoms with Crippen LogP contribution in [0.3, 0.4) is 0 Å². The fourth-order valence-electron chi connectivity index (χ4n) is 2.49. The van der Waals surface area contributed by atoms with E-state index in [0.717, 1.165) is 5.56 Å². The number of benzene rings is 1. The number of hydrogen-bond donors (Lipinski definition) is 0. The Morgan fingerprint density at radius 2 is 2.04 bits per heavy atom. The van der Waals surface area contributed by atoms with Crippen molar-refractivity contribution >= 4 is 35.7 Å². The highest BCUT2D eigenvalue weighted by atomic mass is 32.2. The topological polar surface area (TPSA) is 82.1 Å². The van der Waals surface area contributed by atoms with Crippen LogP contribution in [0.25, 0.3) is 6.08 Å². The molecule has 0 aromatic heterocycles. The number of aryl methyl sites for hydroxylation is 1. The Kier molecular flexibility index (Phi) is 6.68. The van der Waals surface area contributed by atoms with Crippen molar-refractivity contribution in [1.29, 1.82) is 0 Å². The minimum absolute atomic E-state index is 0.0685. The summed E-state index contributed by atoms with van der Waals surface area (Å²) < 4.78 is 15.1. The normalized spacial score (nSPS) is 15.8. The number of carbonyl (C=O) groups excluding carboxylic acids is 3. The maximum Gasteiger partial charge on any atom is 0.325 e. The maximum absolute atomic E-state index is 12.6. The highest BCUT2D eigenvalue weighted by Crippen LogP contribution is 2.34. The van der Waals surface area contributed by atoms with Gasteiger partial charge in [0.1, 0.15) is 6.54 Å². The third-order valence-electron chi connectivity index (χ3n) is 3.69. The van der Waals surface area contributed by atoms with Crippen molar-refractivity contribution in [3.63, 3.8) is 0 Å². The first-order chi connectivity index (χ1) is 12.3. The molecule has 1 amide bonds. The minimum Gasteiger partial charge on any atom is -0.493 e. The molecule has 2 rings (SSSR count). The first-order valence-electron chi connectivity index (χ1n) is 7.93. The zero-order valence-corrected chi connectivity index (χ0v) is 16.0. The van der Waals surface area contributed by atoms with Crippen molar-refractivity contribution in [1.82, 2.24) is 4.90 Å². The summed E-state index contributed by atoms with van der Waals surface area (Å²) in [6.07, 6.45) is 1.74. The Hall–Kier alpha value is -2.48. The Morgan fingerprint density at radius 1 is 1.31 bits per heavy atom. The monoisotopic (exact) mass is 379 g/mol. The van der Waals surface area contributed by atoms with Gasteiger partial charge < -0.3 is 19.1 Å². The molecule has 0 aliphatic carbocycles. The molecular formula is C18H21NO6S. The van der Waals surface area contributed by atoms with Crippen molar-refractivity contribution in [2.75, 3.05) is 33.1 Å². The molecule has 0 spiro atoms. The van der Waals surface area contributed by atoms with Crippen molar-refractivity contribution in [3.8, 4) is 11.5 Å². The molecule has 140 valence electrons. The molecule has 1 aromatic rings. The average molecular weight is 379 g/mol. The van der Waals surface area contributed by atoms with Crippen LogP contribution in [0.15, 0.2) is 17.0 Å². The number of amides is 1. The van der Waals surface area contributed by atoms with Crippen molar-refractivity contribution in [3.05, 3.63) is 28.2 Å². The fraction of sp³-hybridized carbons (Fsp3) is 0.389. The highest BCUT2D eigenvalue weighted by molar-refractivity contribution is 8.04. The van der Waals surface area contributed by atoms with E-state index in [0.29, 0.717) is 34.3 Å². The van der Waals surface area contributed by atoms with Crippen molar-refractivity contribution < 1.29 is 28.6 Å². The number of hydrogen-bond acceptors (Lipinski definition) is 7. The molecule has 1 aliphatic rings. The summed E-state index contributed by atoms with van der Waals surface area (Å²) in [5, 5.41) is 0. The highest BCUT2D eigenvalue weighted by Gasteiger charge is 2.26. The van der Waals surface area contributed by atoms with Crippen molar-refractivity contribution in [2.45, 2.75) is 13.8 Å². The molecule has 1 fully saturated rings. The number of thioether (sulfide) groups is 1. The number of rotatable bonds is 5. The Bertz CT molecular complexity index is 758. The smallest absolute Gasteiger partial charge is 0.325 e. The van der Waals surface area contributed by atoms with E-state index in [1.807, 2.05) is 0 Å². The predicted molar refractivity (Wildman–Crippen MR) is 98.1 cm³/mol. The van der Waals surface area contributed by atoms with Gasteiger partial charge >= 0.3 is 11.9 Å². The van der Waals surface area contributed by atoms with E-state index in [2.05, 4.69) is 4.74 Å². The lowest BCUT2D eigenvalue weighted by molar-refractivity contribution is -0.145. The third kappa shape index (κ3) is 4.78. The van der Waals surface area contributed by atoms with E-state index in [4.69, 9.17) is 9.47 Å². The van der Waals surface area contributed by atoms with Gasteiger partial charge in [0, 0.05) is 19.2 Å². The Morgan fingerprint density at radius 3 is 2.65 bits per heavy atom. The molecule has 0 N–H and O–H groups in total. The molecule has 1 heterocycles. The molecule has 26 heavy (non-hydrogen) atoms. The quantitative estimate of drug-likeness (QED) is 0.440. The lowest BCUT2D eigenvalue weighted by atomic mass is 10.1. The van der Waals surface area contributed by atoms with Crippen LogP contribution in [0.4, 0.5) is 0 Å². The number of methoxy groups -OCH3 is 2. The van der Waals surface area contributed by atoms with Gasteiger partial charge in [0.25, 0.3) is 5.91 Å². The van der Waals surface area contributed by atoms with Gasteiger partial charge in [-0.05, 0) is 36.3 Å². The summed E-state index contributed by atoms with van der Waals surface area (Å²) >= 11 is 1.43. The maximum atomic E-state index is 12.6. The van der Waals surface area contributed by atoms with E-state index < -0.39 is 11.9 Å². The molecule has 0 bridgehead atoms. The van der Waals surface area contributed by atoms with E-state index >= 15 is 0 Å². The SMILES string of the molecule is COC(=O)CN1CCSC(=Cc2cc(C)c(OC(C)=O)c(OC)c2)C1=O. The van der Waals surface area contributed by atoms with Crippen LogP contribution in [0.1, 0.15) is 18.1 Å². The average Bonchev–Trinajstić information content (AvgIpc) is 2.60. The number of ether oxygens (including phenoxy) is 3. The second kappa shape index (κ2) is 8.75. The predicted octanol–water partition coefficient (Wildman–Crippen LogP) is 2.02. The number of nitrogens with zero attached hydrogens (tertiary/aromatic N) is 1. The molecule has 7 nitrogen and oxygen atoms in total. The molecule has 0 unspecified atom stereocenters. The largest absolute Gasteiger partial charge is 0.493 e. The minimum atomic E-state index is -0.451. The lowest BCUT2D eigenvalue weighted by Crippen LogP contribution is -2.40. The molecule has 1 aromatic carbocycles. The van der Waals surface area contributed by atoms with E-state index in [1.165, 1.54) is 37.8 Å². The zero-order chi connectivity index (χ0) is 19.3. The Labute approximate surface area is 156 Å². The summed E-state index contributed by atoms with van der Waals surface area (Å²) in [6.45, 7) is 3.54. The van der Waals surface area contributed by atoms with Crippen LogP contribution in [0, 0.1) is 6.92 Å². The van der Waals surface area contributed by atoms with E-state index in [1.54, 1.807) is 25.1 Å². The molecule has 1 aliphatic heterocycles. The molecule has 0 saturated carbocycles. The summed E-state index contributed by atoms with van der Waals surface area (Å²) in [6, 6.07) is 3.51. The van der Waals surface area contributed by atoms with Crippen LogP contribution in [0.2, 0.25) is 0 Å². The lowest BCUT2D eigenvalue weighted by Gasteiger charge is -2.27. The summed E-state index contributed by atoms with van der Waals surface area (Å²) in [7, 11) is 2.78. The van der Waals surface area contributed by atoms with E-state index in [9.17, 15) is 14.4 Å². The molecule has 8 heteroatoms. The summed E-state index contributed by atoms with van der Waals surface area (Å²) in [5.74, 6) is 0.355. The van der Waals surface area contributed by atoms with Crippen LogP contribution in [0.5, 0.6) is 11.5 Å². The van der Waals surface area contributed by atoms with Gasteiger partial charge in [-0.3, -0.25) is 14.4 Å².